The number of rotatable bonds is 3. The normalized spacial score (nSPS) is 14.6. The van der Waals surface area contributed by atoms with Gasteiger partial charge in [0.2, 0.25) is 6.71 Å². The highest BCUT2D eigenvalue weighted by atomic mass is 32.2. The smallest absolute Gasteiger partial charge is 0.252 e. The van der Waals surface area contributed by atoms with Crippen LogP contribution in [0.1, 0.15) is 16.7 Å². The molecule has 7 aliphatic heterocycles. The van der Waals surface area contributed by atoms with Gasteiger partial charge in [0, 0.05) is 67.0 Å². The van der Waals surface area contributed by atoms with Crippen molar-refractivity contribution in [2.75, 3.05) is 14.7 Å². The second-order valence-corrected chi connectivity index (χ2v) is 21.9. The standard InChI is InChI=1S/C63H41B4N3OS/c1-36-31-37(2)57(38(3)32-36)67-46-23-11-16-28-55(46)72-56-35-54-47(34-48(56)67)66-44-22-10-13-25-50(44)68-49-24-12-7-19-41(49)65-45-30-29-40(71-39-17-5-4-6-18-39)33-53(45)69-51-26-14-8-20-42(51)64-43-21-9-15-27-52(43)70(54)63-59(64)62(69)58(65)61(68)60(63)66/h4-35H,1-3H3. The van der Waals surface area contributed by atoms with Crippen molar-refractivity contribution in [1.29, 1.82) is 0 Å². The van der Waals surface area contributed by atoms with Gasteiger partial charge >= 0.3 is 0 Å². The Balaban J connectivity index is 1.02. The van der Waals surface area contributed by atoms with E-state index in [1.54, 1.807) is 0 Å². The van der Waals surface area contributed by atoms with Crippen LogP contribution in [0.2, 0.25) is 0 Å². The molecular weight excluding hydrogens is 890 g/mol. The third-order valence-electron chi connectivity index (χ3n) is 17.1. The largest absolute Gasteiger partial charge is 0.457 e. The Labute approximate surface area is 425 Å². The zero-order valence-electron chi connectivity index (χ0n) is 39.9. The summed E-state index contributed by atoms with van der Waals surface area (Å²) in [5, 5.41) is 0. The fourth-order valence-corrected chi connectivity index (χ4v) is 15.8. The van der Waals surface area contributed by atoms with E-state index in [2.05, 4.69) is 199 Å². The molecule has 0 aromatic heterocycles. The second kappa shape index (κ2) is 14.1. The molecule has 72 heavy (non-hydrogen) atoms. The zero-order valence-corrected chi connectivity index (χ0v) is 40.8. The molecule has 17 rings (SSSR count). The van der Waals surface area contributed by atoms with E-state index in [1.165, 1.54) is 143 Å². The van der Waals surface area contributed by atoms with E-state index in [4.69, 9.17) is 4.74 Å². The number of ether oxygens (including phenoxy) is 1. The average molecular weight is 931 g/mol. The van der Waals surface area contributed by atoms with Gasteiger partial charge in [-0.2, -0.15) is 0 Å². The predicted octanol–water partition coefficient (Wildman–Crippen LogP) is 7.22. The summed E-state index contributed by atoms with van der Waals surface area (Å²) in [6, 6.07) is 73.4. The van der Waals surface area contributed by atoms with Crippen LogP contribution in [0.25, 0.3) is 0 Å². The first-order valence-corrected chi connectivity index (χ1v) is 26.2. The van der Waals surface area contributed by atoms with Crippen molar-refractivity contribution in [3.05, 3.63) is 211 Å². The SMILES string of the molecule is Cc1cc(C)c(B2c3ccccc3Sc3cc4c(cc32)B2c3ccccc3N3c5ccccc5B5c6ccc(Oc7ccccc7)cc6N6c7ccccc7B7c8ccccc8N4c4c2c3c5c6c47)c(C)c1. The van der Waals surface area contributed by atoms with Gasteiger partial charge < -0.3 is 19.4 Å². The maximum absolute atomic E-state index is 6.72. The molecule has 332 valence electrons. The number of aryl methyl sites for hydroxylation is 3. The first kappa shape index (κ1) is 39.7. The van der Waals surface area contributed by atoms with E-state index >= 15 is 0 Å². The summed E-state index contributed by atoms with van der Waals surface area (Å²) in [5.74, 6) is 1.66. The molecular formula is C63H41B4N3OS. The van der Waals surface area contributed by atoms with E-state index in [1.807, 2.05) is 42.1 Å². The Bertz CT molecular complexity index is 4100. The van der Waals surface area contributed by atoms with Gasteiger partial charge in [-0.05, 0) is 125 Å². The van der Waals surface area contributed by atoms with Crippen LogP contribution in [0.3, 0.4) is 0 Å². The molecule has 7 heterocycles. The highest BCUT2D eigenvalue weighted by Crippen LogP contribution is 2.52. The van der Waals surface area contributed by atoms with Crippen LogP contribution >= 0.6 is 11.8 Å². The van der Waals surface area contributed by atoms with Crippen molar-refractivity contribution in [2.45, 2.75) is 30.6 Å². The van der Waals surface area contributed by atoms with E-state index in [9.17, 15) is 0 Å². The summed E-state index contributed by atoms with van der Waals surface area (Å²) in [6.07, 6.45) is 0. The van der Waals surface area contributed by atoms with Gasteiger partial charge in [0.05, 0.1) is 0 Å². The summed E-state index contributed by atoms with van der Waals surface area (Å²) in [7, 11) is 0. The fourth-order valence-electron chi connectivity index (χ4n) is 14.7. The van der Waals surface area contributed by atoms with Crippen LogP contribution in [-0.4, -0.2) is 26.9 Å². The topological polar surface area (TPSA) is 19.0 Å². The molecule has 0 fully saturated rings. The van der Waals surface area contributed by atoms with E-state index in [0.717, 1.165) is 11.5 Å². The van der Waals surface area contributed by atoms with Crippen molar-refractivity contribution < 1.29 is 4.74 Å². The molecule has 9 heteroatoms. The predicted molar refractivity (Wildman–Crippen MR) is 307 cm³/mol. The molecule has 7 aliphatic rings. The molecule has 0 atom stereocenters. The Morgan fingerprint density at radius 2 is 0.750 bits per heavy atom. The quantitative estimate of drug-likeness (QED) is 0.174. The lowest BCUT2D eigenvalue weighted by molar-refractivity contribution is 0.483. The lowest BCUT2D eigenvalue weighted by atomic mass is 9.24. The molecule has 0 saturated heterocycles. The van der Waals surface area contributed by atoms with Crippen LogP contribution in [0.4, 0.5) is 51.2 Å². The zero-order chi connectivity index (χ0) is 47.2. The van der Waals surface area contributed by atoms with Gasteiger partial charge in [-0.25, -0.2) is 0 Å². The summed E-state index contributed by atoms with van der Waals surface area (Å²) < 4.78 is 6.72. The molecule has 0 N–H and O–H groups in total. The van der Waals surface area contributed by atoms with Gasteiger partial charge in [0.25, 0.3) is 20.1 Å². The van der Waals surface area contributed by atoms with Crippen LogP contribution in [-0.2, 0) is 0 Å². The number of benzene rings is 10. The monoisotopic (exact) mass is 931 g/mol. The lowest BCUT2D eigenvalue weighted by Crippen LogP contribution is -2.75. The molecule has 0 saturated carbocycles. The maximum atomic E-state index is 6.72. The van der Waals surface area contributed by atoms with E-state index in [-0.39, 0.29) is 26.9 Å². The molecule has 0 amide bonds. The molecule has 0 aliphatic carbocycles. The number of fused-ring (bicyclic) bond motifs is 20. The van der Waals surface area contributed by atoms with Crippen LogP contribution in [0, 0.1) is 20.8 Å². The molecule has 0 spiro atoms. The van der Waals surface area contributed by atoms with Crippen molar-refractivity contribution in [3.8, 4) is 11.5 Å². The summed E-state index contributed by atoms with van der Waals surface area (Å²) in [6.45, 7) is 6.96. The van der Waals surface area contributed by atoms with Crippen LogP contribution in [0.5, 0.6) is 11.5 Å². The number of hydrogen-bond acceptors (Lipinski definition) is 5. The Morgan fingerprint density at radius 3 is 1.31 bits per heavy atom. The second-order valence-electron chi connectivity index (χ2n) is 20.8. The third-order valence-corrected chi connectivity index (χ3v) is 18.2. The molecule has 0 radical (unpaired) electrons. The van der Waals surface area contributed by atoms with Gasteiger partial charge in [0.15, 0.2) is 0 Å². The van der Waals surface area contributed by atoms with Crippen LogP contribution in [0.15, 0.2) is 204 Å². The minimum atomic E-state index is -0.0194. The van der Waals surface area contributed by atoms with Crippen molar-refractivity contribution in [2.24, 2.45) is 0 Å². The minimum Gasteiger partial charge on any atom is -0.457 e. The van der Waals surface area contributed by atoms with E-state index < -0.39 is 0 Å². The van der Waals surface area contributed by atoms with Gasteiger partial charge in [-0.1, -0.05) is 178 Å². The summed E-state index contributed by atoms with van der Waals surface area (Å²) >= 11 is 1.94. The van der Waals surface area contributed by atoms with Crippen molar-refractivity contribution in [3.63, 3.8) is 0 Å². The summed E-state index contributed by atoms with van der Waals surface area (Å²) in [4.78, 5) is 10.7. The number of anilines is 9. The molecule has 4 nitrogen and oxygen atoms in total. The molecule has 0 unspecified atom stereocenters. The first-order valence-electron chi connectivity index (χ1n) is 25.4. The van der Waals surface area contributed by atoms with Gasteiger partial charge in [0.1, 0.15) is 11.5 Å². The lowest BCUT2D eigenvalue weighted by Gasteiger charge is -2.55. The highest BCUT2D eigenvalue weighted by Gasteiger charge is 2.57. The fraction of sp³-hybridized carbons (Fsp3) is 0.0476. The summed E-state index contributed by atoms with van der Waals surface area (Å²) in [5.41, 5.74) is 31.9. The molecule has 0 bridgehead atoms. The Hall–Kier alpha value is -7.99. The number of para-hydroxylation sites is 5. The van der Waals surface area contributed by atoms with Crippen molar-refractivity contribution in [1.82, 2.24) is 0 Å². The minimum absolute atomic E-state index is 0.0156. The number of hydrogen-bond donors (Lipinski definition) is 0. The third kappa shape index (κ3) is 4.95. The Kier molecular flexibility index (Phi) is 7.78. The number of nitrogens with zero attached hydrogens (tertiary/aromatic N) is 3. The van der Waals surface area contributed by atoms with Crippen LogP contribution < -0.4 is 85.0 Å². The average Bonchev–Trinajstić information content (AvgIpc) is 3.41. The van der Waals surface area contributed by atoms with Crippen molar-refractivity contribution >= 4 is 155 Å². The molecule has 10 aromatic rings. The highest BCUT2D eigenvalue weighted by molar-refractivity contribution is 8.00. The first-order chi connectivity index (χ1) is 35.5. The van der Waals surface area contributed by atoms with Gasteiger partial charge in [-0.15, -0.1) is 0 Å². The van der Waals surface area contributed by atoms with E-state index in [0.29, 0.717) is 0 Å². The maximum Gasteiger partial charge on any atom is 0.252 e. The van der Waals surface area contributed by atoms with Gasteiger partial charge in [-0.3, -0.25) is 0 Å². The Morgan fingerprint density at radius 1 is 0.319 bits per heavy atom. The molecule has 10 aromatic carbocycles.